The van der Waals surface area contributed by atoms with E-state index in [4.69, 9.17) is 0 Å². The Morgan fingerprint density at radius 3 is 2.50 bits per heavy atom. The Hall–Kier alpha value is -2.75. The van der Waals surface area contributed by atoms with Gasteiger partial charge in [-0.25, -0.2) is 9.07 Å². The van der Waals surface area contributed by atoms with Crippen LogP contribution in [-0.2, 0) is 12.6 Å². The number of aromatic nitrogens is 3. The summed E-state index contributed by atoms with van der Waals surface area (Å²) < 4.78 is 55.7. The molecule has 144 valence electrons. The van der Waals surface area contributed by atoms with Gasteiger partial charge in [-0.15, -0.1) is 5.10 Å². The molecule has 0 aliphatic carbocycles. The van der Waals surface area contributed by atoms with Gasteiger partial charge in [0.05, 0.1) is 5.69 Å². The second kappa shape index (κ2) is 6.69. The van der Waals surface area contributed by atoms with Crippen LogP contribution in [0.5, 0.6) is 0 Å². The highest BCUT2D eigenvalue weighted by Gasteiger charge is 2.43. The summed E-state index contributed by atoms with van der Waals surface area (Å²) in [5, 5.41) is 7.03. The van der Waals surface area contributed by atoms with Gasteiger partial charge in [-0.1, -0.05) is 21.1 Å². The second-order valence-corrected chi connectivity index (χ2v) is 7.07. The first kappa shape index (κ1) is 18.6. The maximum atomic E-state index is 13.8. The number of hydrogen-bond acceptors (Lipinski definition) is 3. The largest absolute Gasteiger partial charge is 0.435 e. The van der Waals surface area contributed by atoms with Gasteiger partial charge in [0.1, 0.15) is 5.82 Å². The van der Waals surface area contributed by atoms with Crippen LogP contribution in [0, 0.1) is 5.82 Å². The monoisotopic (exact) mass is 454 g/mol. The van der Waals surface area contributed by atoms with Crippen LogP contribution in [0.25, 0.3) is 5.69 Å². The highest BCUT2D eigenvalue weighted by molar-refractivity contribution is 9.10. The molecule has 0 radical (unpaired) electrons. The molecule has 2 heterocycles. The van der Waals surface area contributed by atoms with Crippen molar-refractivity contribution >= 4 is 27.5 Å². The Morgan fingerprint density at radius 1 is 1.11 bits per heavy atom. The van der Waals surface area contributed by atoms with Gasteiger partial charge in [-0.3, -0.25) is 4.79 Å². The molecular formula is C18H11BrF4N4O. The summed E-state index contributed by atoms with van der Waals surface area (Å²) >= 11 is 3.33. The van der Waals surface area contributed by atoms with Crippen LogP contribution in [0.3, 0.4) is 0 Å². The van der Waals surface area contributed by atoms with Crippen molar-refractivity contribution in [3.63, 3.8) is 0 Å². The molecule has 3 aromatic rings. The summed E-state index contributed by atoms with van der Waals surface area (Å²) in [5.41, 5.74) is -0.756. The maximum Gasteiger partial charge on any atom is 0.435 e. The standard InChI is InChI=1S/C18H11BrF4N4O/c19-11-1-6-14-10(9-11)7-8-26(14)17(28)15-16(18(21,22)23)27(25-24-15)13-4-2-12(20)3-5-13/h1-6,9H,7-8H2. The van der Waals surface area contributed by atoms with Crippen molar-refractivity contribution in [1.29, 1.82) is 0 Å². The van der Waals surface area contributed by atoms with E-state index in [1.807, 2.05) is 6.07 Å². The van der Waals surface area contributed by atoms with E-state index < -0.39 is 29.3 Å². The predicted octanol–water partition coefficient (Wildman–Crippen LogP) is 4.39. The highest BCUT2D eigenvalue weighted by Crippen LogP contribution is 2.36. The van der Waals surface area contributed by atoms with E-state index >= 15 is 0 Å². The number of benzene rings is 2. The predicted molar refractivity (Wildman–Crippen MR) is 95.8 cm³/mol. The van der Waals surface area contributed by atoms with Gasteiger partial charge in [-0.2, -0.15) is 13.2 Å². The Morgan fingerprint density at radius 2 is 1.82 bits per heavy atom. The number of rotatable bonds is 2. The zero-order valence-electron chi connectivity index (χ0n) is 14.0. The van der Waals surface area contributed by atoms with E-state index in [1.165, 1.54) is 4.90 Å². The molecule has 1 amide bonds. The number of halogens is 5. The fraction of sp³-hybridized carbons (Fsp3) is 0.167. The Balaban J connectivity index is 1.79. The van der Waals surface area contributed by atoms with E-state index in [1.54, 1.807) is 12.1 Å². The van der Waals surface area contributed by atoms with Crippen LogP contribution in [0.2, 0.25) is 0 Å². The fourth-order valence-corrected chi connectivity index (χ4v) is 3.56. The van der Waals surface area contributed by atoms with E-state index in [9.17, 15) is 22.4 Å². The van der Waals surface area contributed by atoms with Crippen LogP contribution in [0.15, 0.2) is 46.9 Å². The molecule has 0 saturated heterocycles. The lowest BCUT2D eigenvalue weighted by Gasteiger charge is -2.17. The lowest BCUT2D eigenvalue weighted by Crippen LogP contribution is -2.31. The molecule has 0 atom stereocenters. The molecule has 0 saturated carbocycles. The number of nitrogens with zero attached hydrogens (tertiary/aromatic N) is 4. The number of hydrogen-bond donors (Lipinski definition) is 0. The fourth-order valence-electron chi connectivity index (χ4n) is 3.15. The number of fused-ring (bicyclic) bond motifs is 1. The zero-order valence-corrected chi connectivity index (χ0v) is 15.6. The first-order chi connectivity index (χ1) is 13.3. The smallest absolute Gasteiger partial charge is 0.306 e. The molecule has 0 unspecified atom stereocenters. The molecule has 2 aromatic carbocycles. The molecule has 1 aliphatic heterocycles. The van der Waals surface area contributed by atoms with Crippen molar-refractivity contribution in [2.45, 2.75) is 12.6 Å². The third-order valence-electron chi connectivity index (χ3n) is 4.39. The summed E-state index contributed by atoms with van der Waals surface area (Å²) in [6.07, 6.45) is -4.36. The van der Waals surface area contributed by atoms with Gasteiger partial charge in [0.15, 0.2) is 11.4 Å². The lowest BCUT2D eigenvalue weighted by molar-refractivity contribution is -0.143. The molecule has 4 rings (SSSR count). The van der Waals surface area contributed by atoms with Crippen molar-refractivity contribution in [1.82, 2.24) is 15.0 Å². The van der Waals surface area contributed by atoms with Gasteiger partial charge in [-0.05, 0) is 54.4 Å². The number of amides is 1. The van der Waals surface area contributed by atoms with Crippen LogP contribution < -0.4 is 4.90 Å². The van der Waals surface area contributed by atoms with E-state index in [0.717, 1.165) is 34.3 Å². The number of carbonyl (C=O) groups excluding carboxylic acids is 1. The third kappa shape index (κ3) is 3.17. The zero-order chi connectivity index (χ0) is 20.1. The maximum absolute atomic E-state index is 13.8. The lowest BCUT2D eigenvalue weighted by atomic mass is 10.2. The topological polar surface area (TPSA) is 51.0 Å². The average Bonchev–Trinajstić information content (AvgIpc) is 3.25. The molecule has 0 N–H and O–H groups in total. The minimum atomic E-state index is -4.88. The van der Waals surface area contributed by atoms with Crippen LogP contribution in [0.4, 0.5) is 23.2 Å². The second-order valence-electron chi connectivity index (χ2n) is 6.15. The Bertz CT molecular complexity index is 1060. The van der Waals surface area contributed by atoms with Crippen molar-refractivity contribution in [3.8, 4) is 5.69 Å². The number of anilines is 1. The normalized spacial score (nSPS) is 13.7. The van der Waals surface area contributed by atoms with Crippen LogP contribution >= 0.6 is 15.9 Å². The average molecular weight is 455 g/mol. The number of carbonyl (C=O) groups is 1. The first-order valence-electron chi connectivity index (χ1n) is 8.15. The summed E-state index contributed by atoms with van der Waals surface area (Å²) in [6.45, 7) is 0.241. The van der Waals surface area contributed by atoms with E-state index in [0.29, 0.717) is 16.8 Å². The van der Waals surface area contributed by atoms with E-state index in [-0.39, 0.29) is 12.2 Å². The van der Waals surface area contributed by atoms with Crippen molar-refractivity contribution < 1.29 is 22.4 Å². The van der Waals surface area contributed by atoms with Crippen LogP contribution in [0.1, 0.15) is 21.7 Å². The van der Waals surface area contributed by atoms with Crippen molar-refractivity contribution in [3.05, 3.63) is 69.7 Å². The molecular weight excluding hydrogens is 444 g/mol. The minimum Gasteiger partial charge on any atom is -0.306 e. The van der Waals surface area contributed by atoms with Gasteiger partial charge < -0.3 is 4.90 Å². The minimum absolute atomic E-state index is 0.0500. The van der Waals surface area contributed by atoms with Crippen LogP contribution in [-0.4, -0.2) is 27.4 Å². The molecule has 0 spiro atoms. The molecule has 5 nitrogen and oxygen atoms in total. The summed E-state index contributed by atoms with van der Waals surface area (Å²) in [6, 6.07) is 9.49. The summed E-state index contributed by atoms with van der Waals surface area (Å²) in [7, 11) is 0. The molecule has 0 bridgehead atoms. The third-order valence-corrected chi connectivity index (χ3v) is 4.89. The molecule has 1 aliphatic rings. The van der Waals surface area contributed by atoms with Gasteiger partial charge in [0, 0.05) is 16.7 Å². The van der Waals surface area contributed by atoms with Gasteiger partial charge >= 0.3 is 6.18 Å². The van der Waals surface area contributed by atoms with Crippen molar-refractivity contribution in [2.75, 3.05) is 11.4 Å². The highest BCUT2D eigenvalue weighted by atomic mass is 79.9. The van der Waals surface area contributed by atoms with Crippen molar-refractivity contribution in [2.24, 2.45) is 0 Å². The van der Waals surface area contributed by atoms with Gasteiger partial charge in [0.25, 0.3) is 5.91 Å². The molecule has 0 fully saturated rings. The summed E-state index contributed by atoms with van der Waals surface area (Å²) in [4.78, 5) is 14.2. The van der Waals surface area contributed by atoms with Gasteiger partial charge in [0.2, 0.25) is 0 Å². The van der Waals surface area contributed by atoms with E-state index in [2.05, 4.69) is 26.2 Å². The molecule has 10 heteroatoms. The Labute approximate surface area is 164 Å². The summed E-state index contributed by atoms with van der Waals surface area (Å²) in [5.74, 6) is -1.49. The quantitative estimate of drug-likeness (QED) is 0.539. The Kier molecular flexibility index (Phi) is 4.45. The first-order valence-corrected chi connectivity index (χ1v) is 8.94. The molecule has 28 heavy (non-hydrogen) atoms. The number of alkyl halides is 3. The molecule has 1 aromatic heterocycles. The SMILES string of the molecule is O=C(c1nnn(-c2ccc(F)cc2)c1C(F)(F)F)N1CCc2cc(Br)ccc21.